The third-order valence-corrected chi connectivity index (χ3v) is 5.02. The molecule has 0 aromatic carbocycles. The quantitative estimate of drug-likeness (QED) is 0.838. The van der Waals surface area contributed by atoms with Crippen molar-refractivity contribution in [2.45, 2.75) is 51.5 Å². The summed E-state index contributed by atoms with van der Waals surface area (Å²) in [5.74, 6) is 0.684. The number of pyridine rings is 1. The molecule has 0 bridgehead atoms. The summed E-state index contributed by atoms with van der Waals surface area (Å²) >= 11 is 0. The van der Waals surface area contributed by atoms with Crippen LogP contribution in [0.4, 0.5) is 4.79 Å². The maximum Gasteiger partial charge on any atom is 0.327 e. The second-order valence-corrected chi connectivity index (χ2v) is 6.65. The van der Waals surface area contributed by atoms with Gasteiger partial charge in [0.1, 0.15) is 0 Å². The number of carbonyl (C=O) groups excluding carboxylic acids is 2. The zero-order chi connectivity index (χ0) is 16.1. The summed E-state index contributed by atoms with van der Waals surface area (Å²) in [4.78, 5) is 32.0. The van der Waals surface area contributed by atoms with Crippen molar-refractivity contribution in [2.24, 2.45) is 5.92 Å². The number of amides is 3. The number of hydrogen-bond donors (Lipinski definition) is 0. The fourth-order valence-corrected chi connectivity index (χ4v) is 3.59. The fraction of sp³-hybridized carbons (Fsp3) is 0.611. The van der Waals surface area contributed by atoms with Crippen molar-refractivity contribution in [1.82, 2.24) is 14.8 Å². The van der Waals surface area contributed by atoms with Gasteiger partial charge in [-0.1, -0.05) is 32.1 Å². The van der Waals surface area contributed by atoms with Gasteiger partial charge in [0.05, 0.1) is 6.54 Å². The molecule has 0 radical (unpaired) electrons. The van der Waals surface area contributed by atoms with Crippen LogP contribution in [-0.4, -0.2) is 39.8 Å². The van der Waals surface area contributed by atoms with Gasteiger partial charge in [-0.25, -0.2) is 4.79 Å². The normalized spacial score (nSPS) is 20.2. The molecule has 2 heterocycles. The van der Waals surface area contributed by atoms with E-state index in [0.29, 0.717) is 19.5 Å². The largest absolute Gasteiger partial charge is 0.327 e. The molecule has 5 nitrogen and oxygen atoms in total. The molecule has 0 atom stereocenters. The molecule has 1 aliphatic heterocycles. The average Bonchev–Trinajstić information content (AvgIpc) is 2.60. The smallest absolute Gasteiger partial charge is 0.324 e. The number of nitrogens with zero attached hydrogens (tertiary/aromatic N) is 3. The minimum absolute atomic E-state index is 0.0688. The molecule has 2 aliphatic rings. The van der Waals surface area contributed by atoms with Gasteiger partial charge in [-0.2, -0.15) is 0 Å². The molecule has 1 aliphatic carbocycles. The standard InChI is InChI=1S/C18H25N3O2/c22-17-9-13-20(12-8-15-4-2-1-3-5-15)18(23)21(17)14-16-6-10-19-11-7-16/h6-7,10-11,15H,1-5,8-9,12-14H2. The summed E-state index contributed by atoms with van der Waals surface area (Å²) in [6.45, 7) is 1.70. The Labute approximate surface area is 137 Å². The summed E-state index contributed by atoms with van der Waals surface area (Å²) in [5, 5.41) is 0. The van der Waals surface area contributed by atoms with E-state index >= 15 is 0 Å². The molecule has 3 amide bonds. The lowest BCUT2D eigenvalue weighted by Crippen LogP contribution is -2.52. The van der Waals surface area contributed by atoms with E-state index in [4.69, 9.17) is 0 Å². The number of imide groups is 1. The average molecular weight is 315 g/mol. The first-order chi connectivity index (χ1) is 11.2. The highest BCUT2D eigenvalue weighted by atomic mass is 16.2. The summed E-state index contributed by atoms with van der Waals surface area (Å²) in [6.07, 6.45) is 11.5. The Bertz CT molecular complexity index is 540. The van der Waals surface area contributed by atoms with Crippen molar-refractivity contribution in [2.75, 3.05) is 13.1 Å². The highest BCUT2D eigenvalue weighted by Gasteiger charge is 2.32. The number of carbonyl (C=O) groups is 2. The van der Waals surface area contributed by atoms with Crippen molar-refractivity contribution in [1.29, 1.82) is 0 Å². The minimum atomic E-state index is -0.131. The van der Waals surface area contributed by atoms with Crippen LogP contribution in [0.3, 0.4) is 0 Å². The van der Waals surface area contributed by atoms with Crippen LogP contribution in [0.5, 0.6) is 0 Å². The van der Waals surface area contributed by atoms with E-state index < -0.39 is 0 Å². The fourth-order valence-electron chi connectivity index (χ4n) is 3.59. The van der Waals surface area contributed by atoms with Gasteiger partial charge in [0.25, 0.3) is 0 Å². The van der Waals surface area contributed by atoms with Crippen molar-refractivity contribution in [3.8, 4) is 0 Å². The van der Waals surface area contributed by atoms with Gasteiger partial charge in [-0.15, -0.1) is 0 Å². The number of urea groups is 1. The highest BCUT2D eigenvalue weighted by molar-refractivity contribution is 5.96. The van der Waals surface area contributed by atoms with Crippen LogP contribution in [0, 0.1) is 5.92 Å². The van der Waals surface area contributed by atoms with E-state index in [2.05, 4.69) is 4.98 Å². The van der Waals surface area contributed by atoms with Crippen LogP contribution >= 0.6 is 0 Å². The maximum atomic E-state index is 12.6. The van der Waals surface area contributed by atoms with Crippen LogP contribution in [0.1, 0.15) is 50.5 Å². The zero-order valence-electron chi connectivity index (χ0n) is 13.6. The lowest BCUT2D eigenvalue weighted by Gasteiger charge is -2.35. The lowest BCUT2D eigenvalue weighted by molar-refractivity contribution is -0.131. The SMILES string of the molecule is O=C1CCN(CCC2CCCCC2)C(=O)N1Cc1ccncc1. The van der Waals surface area contributed by atoms with Crippen LogP contribution in [-0.2, 0) is 11.3 Å². The summed E-state index contributed by atoms with van der Waals surface area (Å²) in [6, 6.07) is 3.57. The van der Waals surface area contributed by atoms with Gasteiger partial charge in [-0.3, -0.25) is 14.7 Å². The van der Waals surface area contributed by atoms with Gasteiger partial charge in [0.15, 0.2) is 0 Å². The molecular formula is C18H25N3O2. The second-order valence-electron chi connectivity index (χ2n) is 6.65. The van der Waals surface area contributed by atoms with Crippen LogP contribution in [0.25, 0.3) is 0 Å². The van der Waals surface area contributed by atoms with Gasteiger partial charge in [-0.05, 0) is 30.0 Å². The molecule has 5 heteroatoms. The van der Waals surface area contributed by atoms with Crippen molar-refractivity contribution >= 4 is 11.9 Å². The first-order valence-corrected chi connectivity index (χ1v) is 8.72. The predicted molar refractivity (Wildman–Crippen MR) is 87.6 cm³/mol. The lowest BCUT2D eigenvalue weighted by atomic mass is 9.87. The topological polar surface area (TPSA) is 53.5 Å². The molecule has 1 aromatic rings. The number of rotatable bonds is 5. The van der Waals surface area contributed by atoms with Gasteiger partial charge in [0, 0.05) is 31.9 Å². The highest BCUT2D eigenvalue weighted by Crippen LogP contribution is 2.27. The van der Waals surface area contributed by atoms with E-state index in [1.807, 2.05) is 17.0 Å². The molecule has 124 valence electrons. The molecule has 0 unspecified atom stereocenters. The molecule has 1 aromatic heterocycles. The molecule has 23 heavy (non-hydrogen) atoms. The molecule has 0 spiro atoms. The van der Waals surface area contributed by atoms with Crippen molar-refractivity contribution in [3.05, 3.63) is 30.1 Å². The Morgan fingerprint density at radius 3 is 2.57 bits per heavy atom. The van der Waals surface area contributed by atoms with Crippen molar-refractivity contribution < 1.29 is 9.59 Å². The summed E-state index contributed by atoms with van der Waals surface area (Å²) in [7, 11) is 0. The maximum absolute atomic E-state index is 12.6. The first kappa shape index (κ1) is 16.0. The van der Waals surface area contributed by atoms with Gasteiger partial charge < -0.3 is 4.90 Å². The van der Waals surface area contributed by atoms with Crippen LogP contribution < -0.4 is 0 Å². The Kier molecular flexibility index (Phi) is 5.26. The van der Waals surface area contributed by atoms with Gasteiger partial charge >= 0.3 is 6.03 Å². The molecule has 0 N–H and O–H groups in total. The predicted octanol–water partition coefficient (Wildman–Crippen LogP) is 3.21. The van der Waals surface area contributed by atoms with E-state index in [1.54, 1.807) is 12.4 Å². The Morgan fingerprint density at radius 2 is 1.83 bits per heavy atom. The monoisotopic (exact) mass is 315 g/mol. The molecular weight excluding hydrogens is 290 g/mol. The number of hydrogen-bond acceptors (Lipinski definition) is 3. The number of aromatic nitrogens is 1. The molecule has 1 saturated carbocycles. The third-order valence-electron chi connectivity index (χ3n) is 5.02. The minimum Gasteiger partial charge on any atom is -0.324 e. The van der Waals surface area contributed by atoms with E-state index in [1.165, 1.54) is 37.0 Å². The van der Waals surface area contributed by atoms with Gasteiger partial charge in [0.2, 0.25) is 5.91 Å². The van der Waals surface area contributed by atoms with E-state index in [0.717, 1.165) is 24.4 Å². The Morgan fingerprint density at radius 1 is 1.09 bits per heavy atom. The third kappa shape index (κ3) is 4.09. The zero-order valence-corrected chi connectivity index (χ0v) is 13.6. The Hall–Kier alpha value is -1.91. The van der Waals surface area contributed by atoms with E-state index in [9.17, 15) is 9.59 Å². The second kappa shape index (κ2) is 7.57. The van der Waals surface area contributed by atoms with Crippen molar-refractivity contribution in [3.63, 3.8) is 0 Å². The first-order valence-electron chi connectivity index (χ1n) is 8.72. The Balaban J connectivity index is 1.57. The summed E-state index contributed by atoms with van der Waals surface area (Å²) < 4.78 is 0. The molecule has 3 rings (SSSR count). The molecule has 2 fully saturated rings. The van der Waals surface area contributed by atoms with Crippen LogP contribution in [0.15, 0.2) is 24.5 Å². The van der Waals surface area contributed by atoms with E-state index in [-0.39, 0.29) is 11.9 Å². The summed E-state index contributed by atoms with van der Waals surface area (Å²) in [5.41, 5.74) is 0.941. The molecule has 1 saturated heterocycles. The van der Waals surface area contributed by atoms with Crippen LogP contribution in [0.2, 0.25) is 0 Å².